The van der Waals surface area contributed by atoms with Gasteiger partial charge in [0.1, 0.15) is 5.58 Å². The molecule has 3 heterocycles. The summed E-state index contributed by atoms with van der Waals surface area (Å²) in [4.78, 5) is 0. The zero-order chi connectivity index (χ0) is 29.5. The van der Waals surface area contributed by atoms with Crippen LogP contribution in [0.2, 0.25) is 0 Å². The minimum absolute atomic E-state index is 0.882. The first-order valence-corrected chi connectivity index (χ1v) is 15.4. The monoisotopic (exact) mass is 574 g/mol. The van der Waals surface area contributed by atoms with Gasteiger partial charge in [-0.05, 0) is 65.0 Å². The molecule has 0 saturated heterocycles. The molecule has 3 heteroatoms. The number of rotatable bonds is 3. The highest BCUT2D eigenvalue weighted by Gasteiger charge is 2.19. The van der Waals surface area contributed by atoms with Gasteiger partial charge in [-0.15, -0.1) is 0 Å². The van der Waals surface area contributed by atoms with E-state index in [1.807, 2.05) is 12.1 Å². The van der Waals surface area contributed by atoms with Crippen molar-refractivity contribution >= 4 is 65.6 Å². The molecule has 0 atom stereocenters. The highest BCUT2D eigenvalue weighted by molar-refractivity contribution is 6.20. The number of aromatic nitrogens is 2. The van der Waals surface area contributed by atoms with Gasteiger partial charge in [0.15, 0.2) is 0 Å². The van der Waals surface area contributed by atoms with Gasteiger partial charge in [-0.1, -0.05) is 109 Å². The third kappa shape index (κ3) is 3.46. The molecule has 3 nitrogen and oxygen atoms in total. The Morgan fingerprint density at radius 3 is 1.87 bits per heavy atom. The Labute approximate surface area is 258 Å². The Morgan fingerprint density at radius 2 is 1.02 bits per heavy atom. The number of hydrogen-bond donors (Lipinski definition) is 0. The van der Waals surface area contributed by atoms with Crippen LogP contribution in [0.15, 0.2) is 162 Å². The van der Waals surface area contributed by atoms with Crippen molar-refractivity contribution in [1.29, 1.82) is 0 Å². The van der Waals surface area contributed by atoms with E-state index in [1.165, 1.54) is 60.2 Å². The minimum Gasteiger partial charge on any atom is -0.439 e. The highest BCUT2D eigenvalue weighted by atomic mass is 16.3. The molecule has 0 saturated carbocycles. The van der Waals surface area contributed by atoms with Gasteiger partial charge in [-0.2, -0.15) is 0 Å². The molecule has 0 aliphatic heterocycles. The second-order valence-electron chi connectivity index (χ2n) is 11.8. The van der Waals surface area contributed by atoms with Gasteiger partial charge in [0, 0.05) is 32.6 Å². The first kappa shape index (κ1) is 24.4. The molecule has 0 spiro atoms. The van der Waals surface area contributed by atoms with Crippen molar-refractivity contribution in [1.82, 2.24) is 9.13 Å². The zero-order valence-electron chi connectivity index (χ0n) is 24.3. The molecule has 0 radical (unpaired) electrons. The van der Waals surface area contributed by atoms with Crippen LogP contribution in [0, 0.1) is 0 Å². The molecular formula is C42H26N2O. The maximum absolute atomic E-state index is 6.45. The van der Waals surface area contributed by atoms with E-state index >= 15 is 0 Å². The van der Waals surface area contributed by atoms with Crippen molar-refractivity contribution in [2.45, 2.75) is 0 Å². The van der Waals surface area contributed by atoms with Crippen LogP contribution in [0.25, 0.3) is 88.1 Å². The average Bonchev–Trinajstić information content (AvgIpc) is 3.75. The molecule has 0 aliphatic carbocycles. The maximum Gasteiger partial charge on any atom is 0.213 e. The van der Waals surface area contributed by atoms with Gasteiger partial charge in [-0.3, -0.25) is 4.57 Å². The Kier molecular flexibility index (Phi) is 5.00. The first-order chi connectivity index (χ1) is 22.3. The van der Waals surface area contributed by atoms with Crippen LogP contribution in [0.1, 0.15) is 0 Å². The molecule has 10 aromatic rings. The summed E-state index contributed by atoms with van der Waals surface area (Å²) in [6.07, 6.45) is 0. The van der Waals surface area contributed by atoms with E-state index in [-0.39, 0.29) is 0 Å². The molecule has 10 rings (SSSR count). The van der Waals surface area contributed by atoms with E-state index < -0.39 is 0 Å². The van der Waals surface area contributed by atoms with Crippen molar-refractivity contribution in [3.05, 3.63) is 158 Å². The Morgan fingerprint density at radius 1 is 0.400 bits per heavy atom. The van der Waals surface area contributed by atoms with Crippen LogP contribution in [-0.2, 0) is 0 Å². The number of hydrogen-bond acceptors (Lipinski definition) is 1. The third-order valence-corrected chi connectivity index (χ3v) is 9.33. The Hall–Kier alpha value is -6.06. The molecule has 0 amide bonds. The molecule has 210 valence electrons. The number of para-hydroxylation sites is 3. The van der Waals surface area contributed by atoms with Gasteiger partial charge in [0.25, 0.3) is 0 Å². The molecule has 0 aliphatic rings. The fourth-order valence-corrected chi connectivity index (χ4v) is 7.31. The van der Waals surface area contributed by atoms with E-state index in [0.717, 1.165) is 27.9 Å². The quantitative estimate of drug-likeness (QED) is 0.206. The van der Waals surface area contributed by atoms with Crippen molar-refractivity contribution < 1.29 is 4.42 Å². The lowest BCUT2D eigenvalue weighted by Crippen LogP contribution is -1.95. The van der Waals surface area contributed by atoms with E-state index in [4.69, 9.17) is 4.42 Å². The zero-order valence-corrected chi connectivity index (χ0v) is 24.3. The number of nitrogens with zero attached hydrogens (tertiary/aromatic N) is 2. The fourth-order valence-electron chi connectivity index (χ4n) is 7.31. The molecular weight excluding hydrogens is 548 g/mol. The van der Waals surface area contributed by atoms with E-state index in [9.17, 15) is 0 Å². The first-order valence-electron chi connectivity index (χ1n) is 15.4. The fraction of sp³-hybridized carbons (Fsp3) is 0. The van der Waals surface area contributed by atoms with Gasteiger partial charge >= 0.3 is 0 Å². The van der Waals surface area contributed by atoms with Crippen molar-refractivity contribution in [2.75, 3.05) is 0 Å². The standard InChI is InChI=1S/C42H26N2O/c1-2-12-31-28(10-1)11-9-18-36(31)44-37-16-6-3-13-32(37)35-26-29(22-25-39(35)44)27-20-23-30(24-21-27)43-38-17-7-4-14-33(38)41-34-15-5-8-19-40(34)45-42(41)43/h1-26H. The average molecular weight is 575 g/mol. The van der Waals surface area contributed by atoms with Gasteiger partial charge < -0.3 is 8.98 Å². The second kappa shape index (κ2) is 9.22. The number of fused-ring (bicyclic) bond motifs is 9. The summed E-state index contributed by atoms with van der Waals surface area (Å²) in [5.74, 6) is 0. The largest absolute Gasteiger partial charge is 0.439 e. The SMILES string of the molecule is c1ccc2c(-n3c4ccccc4c4cc(-c5ccc(-n6c7ccccc7c7c8ccccc8oc76)cc5)ccc43)cccc2c1. The molecule has 7 aromatic carbocycles. The minimum atomic E-state index is 0.882. The summed E-state index contributed by atoms with van der Waals surface area (Å²) in [6.45, 7) is 0. The van der Waals surface area contributed by atoms with Crippen LogP contribution in [0.4, 0.5) is 0 Å². The lowest BCUT2D eigenvalue weighted by Gasteiger charge is -2.12. The van der Waals surface area contributed by atoms with E-state index in [0.29, 0.717) is 0 Å². The van der Waals surface area contributed by atoms with Gasteiger partial charge in [0.2, 0.25) is 5.71 Å². The van der Waals surface area contributed by atoms with Gasteiger partial charge in [0.05, 0.1) is 27.6 Å². The Bertz CT molecular complexity index is 2750. The predicted octanol–water partition coefficient (Wildman–Crippen LogP) is 11.4. The number of benzene rings is 7. The molecule has 0 N–H and O–H groups in total. The van der Waals surface area contributed by atoms with Crippen LogP contribution < -0.4 is 0 Å². The highest BCUT2D eigenvalue weighted by Crippen LogP contribution is 2.40. The molecule has 3 aromatic heterocycles. The normalized spacial score (nSPS) is 12.0. The van der Waals surface area contributed by atoms with E-state index in [2.05, 4.69) is 155 Å². The summed E-state index contributed by atoms with van der Waals surface area (Å²) in [5.41, 5.74) is 10.0. The second-order valence-corrected chi connectivity index (χ2v) is 11.8. The summed E-state index contributed by atoms with van der Waals surface area (Å²) in [7, 11) is 0. The van der Waals surface area contributed by atoms with Crippen molar-refractivity contribution in [3.63, 3.8) is 0 Å². The lowest BCUT2D eigenvalue weighted by atomic mass is 10.0. The topological polar surface area (TPSA) is 23.0 Å². The molecule has 0 fully saturated rings. The molecule has 0 unspecified atom stereocenters. The van der Waals surface area contributed by atoms with Crippen LogP contribution in [0.3, 0.4) is 0 Å². The van der Waals surface area contributed by atoms with Gasteiger partial charge in [-0.25, -0.2) is 0 Å². The third-order valence-electron chi connectivity index (χ3n) is 9.33. The predicted molar refractivity (Wildman–Crippen MR) is 188 cm³/mol. The summed E-state index contributed by atoms with van der Waals surface area (Å²) >= 11 is 0. The van der Waals surface area contributed by atoms with Crippen LogP contribution in [-0.4, -0.2) is 9.13 Å². The van der Waals surface area contributed by atoms with E-state index in [1.54, 1.807) is 0 Å². The number of furan rings is 1. The summed E-state index contributed by atoms with van der Waals surface area (Å²) in [5, 5.41) is 8.51. The van der Waals surface area contributed by atoms with Crippen molar-refractivity contribution in [3.8, 4) is 22.5 Å². The van der Waals surface area contributed by atoms with Crippen LogP contribution in [0.5, 0.6) is 0 Å². The lowest BCUT2D eigenvalue weighted by molar-refractivity contribution is 0.645. The summed E-state index contributed by atoms with van der Waals surface area (Å²) < 4.78 is 11.1. The molecule has 45 heavy (non-hydrogen) atoms. The Balaban J connectivity index is 1.13. The van der Waals surface area contributed by atoms with Crippen molar-refractivity contribution in [2.24, 2.45) is 0 Å². The maximum atomic E-state index is 6.45. The molecule has 0 bridgehead atoms. The van der Waals surface area contributed by atoms with Crippen LogP contribution >= 0.6 is 0 Å². The smallest absolute Gasteiger partial charge is 0.213 e. The summed E-state index contributed by atoms with van der Waals surface area (Å²) in [6, 6.07) is 56.5.